The molecule has 0 fully saturated rings. The molecule has 2 aromatic carbocycles. The van der Waals surface area contributed by atoms with E-state index in [4.69, 9.17) is 4.74 Å². The average Bonchev–Trinajstić information content (AvgIpc) is 3.01. The first-order valence-corrected chi connectivity index (χ1v) is 7.71. The van der Waals surface area contributed by atoms with Gasteiger partial charge in [-0.1, -0.05) is 48.5 Å². The number of fused-ring (bicyclic) bond motifs is 1. The molecule has 2 aromatic rings. The Bertz CT molecular complexity index is 673. The maximum Gasteiger partial charge on any atom is 0.421 e. The maximum atomic E-state index is 11.8. The smallest absolute Gasteiger partial charge is 0.421 e. The van der Waals surface area contributed by atoms with Crippen molar-refractivity contribution in [3.63, 3.8) is 0 Å². The van der Waals surface area contributed by atoms with Crippen LogP contribution < -0.4 is 10.9 Å². The summed E-state index contributed by atoms with van der Waals surface area (Å²) in [4.78, 5) is 11.8. The molecule has 1 unspecified atom stereocenters. The molecule has 0 spiro atoms. The second kappa shape index (κ2) is 7.26. The Morgan fingerprint density at radius 1 is 1.17 bits per heavy atom. The summed E-state index contributed by atoms with van der Waals surface area (Å²) in [5.74, 6) is 0. The van der Waals surface area contributed by atoms with Crippen LogP contribution in [0, 0.1) is 0 Å². The third-order valence-corrected chi connectivity index (χ3v) is 4.03. The van der Waals surface area contributed by atoms with Crippen LogP contribution in [0.25, 0.3) is 0 Å². The lowest BCUT2D eigenvalue weighted by molar-refractivity contribution is 0.132. The molecule has 0 aromatic heterocycles. The van der Waals surface area contributed by atoms with E-state index in [0.717, 1.165) is 29.5 Å². The zero-order chi connectivity index (χ0) is 16.1. The lowest BCUT2D eigenvalue weighted by Crippen LogP contribution is -2.39. The van der Waals surface area contributed by atoms with E-state index in [1.165, 1.54) is 5.56 Å². The number of hydrogen-bond donors (Lipinski definition) is 3. The molecule has 0 aliphatic heterocycles. The Morgan fingerprint density at radius 2 is 2.00 bits per heavy atom. The Balaban J connectivity index is 1.49. The standard InChI is InChI=1S/C18H20N2O3/c21-11-14-6-8-16-15(10-14)7-9-17(16)19-20-18(22)23-12-13-4-2-1-3-5-13/h1-6,8,10,17,19,21H,7,9,11-12H2,(H,20,22). The summed E-state index contributed by atoms with van der Waals surface area (Å²) in [5, 5.41) is 9.17. The van der Waals surface area contributed by atoms with Crippen molar-refractivity contribution in [3.05, 3.63) is 70.8 Å². The van der Waals surface area contributed by atoms with Crippen LogP contribution in [0.1, 0.15) is 34.7 Å². The van der Waals surface area contributed by atoms with Gasteiger partial charge in [0.25, 0.3) is 0 Å². The fourth-order valence-corrected chi connectivity index (χ4v) is 2.82. The summed E-state index contributed by atoms with van der Waals surface area (Å²) >= 11 is 0. The summed E-state index contributed by atoms with van der Waals surface area (Å²) in [6.07, 6.45) is 1.35. The lowest BCUT2D eigenvalue weighted by atomic mass is 10.1. The molecule has 0 heterocycles. The summed E-state index contributed by atoms with van der Waals surface area (Å²) in [6, 6.07) is 15.6. The normalized spacial score (nSPS) is 16.0. The quantitative estimate of drug-likeness (QED) is 0.742. The topological polar surface area (TPSA) is 70.6 Å². The molecule has 0 saturated carbocycles. The molecule has 5 nitrogen and oxygen atoms in total. The Hall–Kier alpha value is -2.37. The number of nitrogens with one attached hydrogen (secondary N) is 2. The van der Waals surface area contributed by atoms with Crippen molar-refractivity contribution in [2.24, 2.45) is 0 Å². The van der Waals surface area contributed by atoms with Crippen LogP contribution in [0.15, 0.2) is 48.5 Å². The van der Waals surface area contributed by atoms with Gasteiger partial charge >= 0.3 is 6.09 Å². The average molecular weight is 312 g/mol. The molecule has 3 rings (SSSR count). The van der Waals surface area contributed by atoms with Crippen molar-refractivity contribution in [2.45, 2.75) is 32.1 Å². The Morgan fingerprint density at radius 3 is 2.78 bits per heavy atom. The minimum Gasteiger partial charge on any atom is -0.444 e. The SMILES string of the molecule is O=C(NNC1CCc2cc(CO)ccc21)OCc1ccccc1. The molecule has 0 saturated heterocycles. The molecular formula is C18H20N2O3. The van der Waals surface area contributed by atoms with E-state index in [-0.39, 0.29) is 19.3 Å². The van der Waals surface area contributed by atoms with Crippen molar-refractivity contribution < 1.29 is 14.6 Å². The third-order valence-electron chi connectivity index (χ3n) is 4.03. The number of aryl methyl sites for hydroxylation is 1. The number of hydrogen-bond acceptors (Lipinski definition) is 4. The van der Waals surface area contributed by atoms with E-state index >= 15 is 0 Å². The molecule has 120 valence electrons. The fourth-order valence-electron chi connectivity index (χ4n) is 2.82. The molecule has 0 radical (unpaired) electrons. The van der Waals surface area contributed by atoms with Crippen LogP contribution in [0.3, 0.4) is 0 Å². The zero-order valence-electron chi connectivity index (χ0n) is 12.8. The molecule has 1 aliphatic carbocycles. The third kappa shape index (κ3) is 3.88. The highest BCUT2D eigenvalue weighted by Crippen LogP contribution is 2.31. The summed E-state index contributed by atoms with van der Waals surface area (Å²) in [6.45, 7) is 0.297. The van der Waals surface area contributed by atoms with E-state index in [1.807, 2.05) is 48.5 Å². The molecule has 1 atom stereocenters. The van der Waals surface area contributed by atoms with Gasteiger partial charge < -0.3 is 9.84 Å². The van der Waals surface area contributed by atoms with Crippen LogP contribution in [-0.4, -0.2) is 11.2 Å². The highest BCUT2D eigenvalue weighted by atomic mass is 16.6. The van der Waals surface area contributed by atoms with E-state index in [0.29, 0.717) is 0 Å². The number of ether oxygens (including phenoxy) is 1. The van der Waals surface area contributed by atoms with Crippen molar-refractivity contribution >= 4 is 6.09 Å². The number of rotatable bonds is 5. The molecule has 0 bridgehead atoms. The first-order valence-electron chi connectivity index (χ1n) is 7.71. The van der Waals surface area contributed by atoms with Crippen LogP contribution in [0.2, 0.25) is 0 Å². The number of aliphatic hydroxyl groups is 1. The van der Waals surface area contributed by atoms with Crippen LogP contribution in [-0.2, 0) is 24.4 Å². The number of aliphatic hydroxyl groups excluding tert-OH is 1. The monoisotopic (exact) mass is 312 g/mol. The van der Waals surface area contributed by atoms with Gasteiger partial charge in [-0.3, -0.25) is 5.43 Å². The largest absolute Gasteiger partial charge is 0.444 e. The van der Waals surface area contributed by atoms with Gasteiger partial charge in [0.1, 0.15) is 6.61 Å². The summed E-state index contributed by atoms with van der Waals surface area (Å²) in [5.41, 5.74) is 9.87. The Kier molecular flexibility index (Phi) is 4.90. The van der Waals surface area contributed by atoms with Gasteiger partial charge in [-0.05, 0) is 35.1 Å². The van der Waals surface area contributed by atoms with Gasteiger partial charge in [-0.25, -0.2) is 10.2 Å². The van der Waals surface area contributed by atoms with Crippen molar-refractivity contribution in [3.8, 4) is 0 Å². The molecule has 23 heavy (non-hydrogen) atoms. The van der Waals surface area contributed by atoms with Gasteiger partial charge in [0.2, 0.25) is 0 Å². The minimum atomic E-state index is -0.491. The first kappa shape index (κ1) is 15.5. The van der Waals surface area contributed by atoms with E-state index < -0.39 is 6.09 Å². The number of amides is 1. The predicted octanol–water partition coefficient (Wildman–Crippen LogP) is 2.60. The van der Waals surface area contributed by atoms with Crippen molar-refractivity contribution in [1.29, 1.82) is 0 Å². The number of carbonyl (C=O) groups is 1. The van der Waals surface area contributed by atoms with Crippen LogP contribution in [0.4, 0.5) is 4.79 Å². The van der Waals surface area contributed by atoms with Crippen molar-refractivity contribution in [1.82, 2.24) is 10.9 Å². The van der Waals surface area contributed by atoms with Crippen LogP contribution >= 0.6 is 0 Å². The van der Waals surface area contributed by atoms with Crippen LogP contribution in [0.5, 0.6) is 0 Å². The Labute approximate surface area is 135 Å². The number of benzene rings is 2. The second-order valence-corrected chi connectivity index (χ2v) is 5.61. The summed E-state index contributed by atoms with van der Waals surface area (Å²) < 4.78 is 5.17. The molecule has 1 aliphatic rings. The highest BCUT2D eigenvalue weighted by Gasteiger charge is 2.22. The first-order chi connectivity index (χ1) is 11.3. The van der Waals surface area contributed by atoms with Gasteiger partial charge in [-0.2, -0.15) is 0 Å². The summed E-state index contributed by atoms with van der Waals surface area (Å²) in [7, 11) is 0. The highest BCUT2D eigenvalue weighted by molar-refractivity contribution is 5.66. The van der Waals surface area contributed by atoms with Gasteiger partial charge in [-0.15, -0.1) is 0 Å². The van der Waals surface area contributed by atoms with E-state index in [2.05, 4.69) is 10.9 Å². The van der Waals surface area contributed by atoms with Crippen molar-refractivity contribution in [2.75, 3.05) is 0 Å². The molecule has 3 N–H and O–H groups in total. The zero-order valence-corrected chi connectivity index (χ0v) is 12.8. The fraction of sp³-hybridized carbons (Fsp3) is 0.278. The molecule has 5 heteroatoms. The molecule has 1 amide bonds. The lowest BCUT2D eigenvalue weighted by Gasteiger charge is -2.15. The second-order valence-electron chi connectivity index (χ2n) is 5.61. The van der Waals surface area contributed by atoms with Gasteiger partial charge in [0.15, 0.2) is 0 Å². The van der Waals surface area contributed by atoms with E-state index in [9.17, 15) is 9.90 Å². The van der Waals surface area contributed by atoms with E-state index in [1.54, 1.807) is 0 Å². The number of carbonyl (C=O) groups excluding carboxylic acids is 1. The number of hydrazine groups is 1. The van der Waals surface area contributed by atoms with Gasteiger partial charge in [0.05, 0.1) is 12.6 Å². The van der Waals surface area contributed by atoms with Gasteiger partial charge in [0, 0.05) is 0 Å². The minimum absolute atomic E-state index is 0.0510. The maximum absolute atomic E-state index is 11.8. The molecular weight excluding hydrogens is 292 g/mol. The predicted molar refractivity (Wildman–Crippen MR) is 86.3 cm³/mol.